The van der Waals surface area contributed by atoms with Crippen molar-refractivity contribution in [1.29, 1.82) is 0 Å². The molecule has 4 nitrogen and oxygen atoms in total. The van der Waals surface area contributed by atoms with E-state index in [1.807, 2.05) is 18.2 Å². The molecule has 1 heterocycles. The normalized spacial score (nSPS) is 19.5. The van der Waals surface area contributed by atoms with Crippen LogP contribution in [0.25, 0.3) is 0 Å². The molecule has 0 unspecified atom stereocenters. The van der Waals surface area contributed by atoms with E-state index in [9.17, 15) is 4.79 Å². The van der Waals surface area contributed by atoms with Crippen LogP contribution in [-0.2, 0) is 0 Å². The SMILES string of the molecule is O=C(O)N1CC(Oc2ccc(Cl)c(C3CC3)c2)C1. The van der Waals surface area contributed by atoms with E-state index >= 15 is 0 Å². The highest BCUT2D eigenvalue weighted by atomic mass is 35.5. The lowest BCUT2D eigenvalue weighted by Crippen LogP contribution is -2.55. The molecule has 96 valence electrons. The van der Waals surface area contributed by atoms with E-state index in [0.717, 1.165) is 16.3 Å². The predicted molar refractivity (Wildman–Crippen MR) is 67.4 cm³/mol. The van der Waals surface area contributed by atoms with Crippen molar-refractivity contribution >= 4 is 17.7 Å². The van der Waals surface area contributed by atoms with Gasteiger partial charge in [-0.05, 0) is 42.5 Å². The Kier molecular flexibility index (Phi) is 2.82. The van der Waals surface area contributed by atoms with Gasteiger partial charge < -0.3 is 14.7 Å². The number of hydrogen-bond acceptors (Lipinski definition) is 2. The van der Waals surface area contributed by atoms with Gasteiger partial charge in [0.25, 0.3) is 0 Å². The summed E-state index contributed by atoms with van der Waals surface area (Å²) in [7, 11) is 0. The van der Waals surface area contributed by atoms with E-state index in [1.165, 1.54) is 17.7 Å². The summed E-state index contributed by atoms with van der Waals surface area (Å²) in [4.78, 5) is 12.0. The number of carboxylic acid groups (broad SMARTS) is 1. The first-order valence-electron chi connectivity index (χ1n) is 6.07. The number of carbonyl (C=O) groups is 1. The van der Waals surface area contributed by atoms with Gasteiger partial charge >= 0.3 is 6.09 Å². The molecule has 1 saturated carbocycles. The zero-order valence-electron chi connectivity index (χ0n) is 9.80. The van der Waals surface area contributed by atoms with Gasteiger partial charge in [0.15, 0.2) is 0 Å². The minimum atomic E-state index is -0.885. The zero-order valence-corrected chi connectivity index (χ0v) is 10.6. The predicted octanol–water partition coefficient (Wildman–Crippen LogP) is 2.96. The molecule has 0 aromatic heterocycles. The van der Waals surface area contributed by atoms with Crippen molar-refractivity contribution in [2.45, 2.75) is 24.9 Å². The minimum absolute atomic E-state index is 0.0330. The van der Waals surface area contributed by atoms with Crippen LogP contribution in [0.2, 0.25) is 5.02 Å². The highest BCUT2D eigenvalue weighted by Crippen LogP contribution is 2.44. The topological polar surface area (TPSA) is 49.8 Å². The summed E-state index contributed by atoms with van der Waals surface area (Å²) in [6.07, 6.45) is 1.47. The van der Waals surface area contributed by atoms with E-state index in [2.05, 4.69) is 0 Å². The highest BCUT2D eigenvalue weighted by Gasteiger charge is 2.32. The van der Waals surface area contributed by atoms with Crippen LogP contribution in [0, 0.1) is 0 Å². The number of halogens is 1. The van der Waals surface area contributed by atoms with Crippen molar-refractivity contribution in [3.8, 4) is 5.75 Å². The molecule has 1 amide bonds. The van der Waals surface area contributed by atoms with Gasteiger partial charge in [0.1, 0.15) is 11.9 Å². The molecule has 3 rings (SSSR count). The average Bonchev–Trinajstić information content (AvgIpc) is 3.08. The number of likely N-dealkylation sites (tertiary alicyclic amines) is 1. The maximum absolute atomic E-state index is 10.6. The Hall–Kier alpha value is -1.42. The number of nitrogens with zero attached hydrogens (tertiary/aromatic N) is 1. The summed E-state index contributed by atoms with van der Waals surface area (Å²) in [6, 6.07) is 5.69. The fourth-order valence-corrected chi connectivity index (χ4v) is 2.44. The fourth-order valence-electron chi connectivity index (χ4n) is 2.16. The minimum Gasteiger partial charge on any atom is -0.487 e. The molecule has 5 heteroatoms. The van der Waals surface area contributed by atoms with Gasteiger partial charge in [-0.25, -0.2) is 4.79 Å². The van der Waals surface area contributed by atoms with Crippen molar-refractivity contribution in [1.82, 2.24) is 4.90 Å². The molecule has 1 aliphatic carbocycles. The van der Waals surface area contributed by atoms with E-state index < -0.39 is 6.09 Å². The first kappa shape index (κ1) is 11.7. The molecule has 1 aromatic carbocycles. The Labute approximate surface area is 110 Å². The first-order valence-corrected chi connectivity index (χ1v) is 6.45. The summed E-state index contributed by atoms with van der Waals surface area (Å²) in [5.41, 5.74) is 1.16. The van der Waals surface area contributed by atoms with Crippen molar-refractivity contribution < 1.29 is 14.6 Å². The van der Waals surface area contributed by atoms with E-state index in [-0.39, 0.29) is 6.10 Å². The second-order valence-electron chi connectivity index (χ2n) is 4.89. The number of amides is 1. The fraction of sp³-hybridized carbons (Fsp3) is 0.462. The lowest BCUT2D eigenvalue weighted by atomic mass is 10.1. The van der Waals surface area contributed by atoms with Crippen LogP contribution in [0.3, 0.4) is 0 Å². The van der Waals surface area contributed by atoms with Crippen LogP contribution in [0.4, 0.5) is 4.79 Å². The van der Waals surface area contributed by atoms with Gasteiger partial charge in [0.05, 0.1) is 13.1 Å². The van der Waals surface area contributed by atoms with Gasteiger partial charge in [0, 0.05) is 5.02 Å². The highest BCUT2D eigenvalue weighted by molar-refractivity contribution is 6.31. The summed E-state index contributed by atoms with van der Waals surface area (Å²) in [5.74, 6) is 1.37. The molecular formula is C13H14ClNO3. The van der Waals surface area contributed by atoms with Gasteiger partial charge in [-0.2, -0.15) is 0 Å². The van der Waals surface area contributed by atoms with Crippen LogP contribution < -0.4 is 4.74 Å². The molecule has 2 aliphatic rings. The molecular weight excluding hydrogens is 254 g/mol. The van der Waals surface area contributed by atoms with Gasteiger partial charge in [-0.1, -0.05) is 11.6 Å². The maximum atomic E-state index is 10.6. The van der Waals surface area contributed by atoms with Crippen LogP contribution in [0.5, 0.6) is 5.75 Å². The number of rotatable bonds is 3. The second kappa shape index (κ2) is 4.35. The standard InChI is InChI=1S/C13H14ClNO3/c14-12-4-3-9(5-11(12)8-1-2-8)18-10-6-15(7-10)13(16)17/h3-5,8,10H,1-2,6-7H2,(H,16,17). The number of ether oxygens (including phenoxy) is 1. The molecule has 0 bridgehead atoms. The molecule has 0 radical (unpaired) electrons. The molecule has 1 N–H and O–H groups in total. The van der Waals surface area contributed by atoms with Crippen molar-refractivity contribution in [2.75, 3.05) is 13.1 Å². The van der Waals surface area contributed by atoms with E-state index in [1.54, 1.807) is 0 Å². The van der Waals surface area contributed by atoms with Gasteiger partial charge in [0.2, 0.25) is 0 Å². The Balaban J connectivity index is 1.63. The van der Waals surface area contributed by atoms with Gasteiger partial charge in [-0.3, -0.25) is 0 Å². The molecule has 2 fully saturated rings. The molecule has 1 saturated heterocycles. The Morgan fingerprint density at radius 1 is 1.39 bits per heavy atom. The second-order valence-corrected chi connectivity index (χ2v) is 5.29. The lowest BCUT2D eigenvalue weighted by Gasteiger charge is -2.36. The summed E-state index contributed by atoms with van der Waals surface area (Å²) < 4.78 is 5.74. The summed E-state index contributed by atoms with van der Waals surface area (Å²) >= 11 is 6.14. The average molecular weight is 268 g/mol. The van der Waals surface area contributed by atoms with E-state index in [4.69, 9.17) is 21.4 Å². The zero-order chi connectivity index (χ0) is 12.7. The number of hydrogen-bond donors (Lipinski definition) is 1. The monoisotopic (exact) mass is 267 g/mol. The Morgan fingerprint density at radius 2 is 2.11 bits per heavy atom. The van der Waals surface area contributed by atoms with Crippen molar-refractivity contribution in [3.63, 3.8) is 0 Å². The molecule has 1 aromatic rings. The molecule has 0 atom stereocenters. The van der Waals surface area contributed by atoms with Crippen molar-refractivity contribution in [2.24, 2.45) is 0 Å². The molecule has 18 heavy (non-hydrogen) atoms. The van der Waals surface area contributed by atoms with Crippen LogP contribution in [0.1, 0.15) is 24.3 Å². The van der Waals surface area contributed by atoms with E-state index in [0.29, 0.717) is 19.0 Å². The molecule has 0 spiro atoms. The van der Waals surface area contributed by atoms with Crippen molar-refractivity contribution in [3.05, 3.63) is 28.8 Å². The Bertz CT molecular complexity index is 481. The first-order chi connectivity index (χ1) is 8.63. The third-order valence-corrected chi connectivity index (χ3v) is 3.75. The summed E-state index contributed by atoms with van der Waals surface area (Å²) in [5, 5.41) is 9.53. The number of benzene rings is 1. The largest absolute Gasteiger partial charge is 0.487 e. The third kappa shape index (κ3) is 2.25. The maximum Gasteiger partial charge on any atom is 0.407 e. The van der Waals surface area contributed by atoms with Crippen LogP contribution in [-0.4, -0.2) is 35.3 Å². The summed E-state index contributed by atoms with van der Waals surface area (Å²) in [6.45, 7) is 0.882. The van der Waals surface area contributed by atoms with Crippen LogP contribution in [0.15, 0.2) is 18.2 Å². The lowest BCUT2D eigenvalue weighted by molar-refractivity contribution is 0.0252. The quantitative estimate of drug-likeness (QED) is 0.916. The smallest absolute Gasteiger partial charge is 0.407 e. The third-order valence-electron chi connectivity index (χ3n) is 3.41. The van der Waals surface area contributed by atoms with Gasteiger partial charge in [-0.15, -0.1) is 0 Å². The van der Waals surface area contributed by atoms with Crippen LogP contribution >= 0.6 is 11.6 Å². The molecule has 1 aliphatic heterocycles. The Morgan fingerprint density at radius 3 is 2.72 bits per heavy atom.